The van der Waals surface area contributed by atoms with E-state index in [1.54, 1.807) is 0 Å². The molecule has 0 aliphatic rings. The minimum atomic E-state index is -4.76. The second-order valence-electron chi connectivity index (χ2n) is 5.08. The van der Waals surface area contributed by atoms with E-state index in [2.05, 4.69) is 42.2 Å². The summed E-state index contributed by atoms with van der Waals surface area (Å²) < 4.78 is 41.4. The van der Waals surface area contributed by atoms with E-state index >= 15 is 0 Å². The molecule has 0 aliphatic carbocycles. The van der Waals surface area contributed by atoms with Crippen molar-refractivity contribution in [2.75, 3.05) is 5.32 Å². The summed E-state index contributed by atoms with van der Waals surface area (Å²) in [4.78, 5) is 31.5. The Morgan fingerprint density at radius 2 is 1.89 bits per heavy atom. The van der Waals surface area contributed by atoms with Crippen LogP contribution in [0.2, 0.25) is 0 Å². The molecule has 3 rings (SSSR count). The summed E-state index contributed by atoms with van der Waals surface area (Å²) in [6.07, 6.45) is -4.76. The first kappa shape index (κ1) is 18.3. The predicted octanol–water partition coefficient (Wildman–Crippen LogP) is 2.46. The molecule has 27 heavy (non-hydrogen) atoms. The number of alkyl halides is 3. The summed E-state index contributed by atoms with van der Waals surface area (Å²) >= 11 is 4.66. The maximum Gasteiger partial charge on any atom is 0.471 e. The minimum absolute atomic E-state index is 0.156. The quantitative estimate of drug-likeness (QED) is 0.497. The van der Waals surface area contributed by atoms with E-state index in [0.717, 1.165) is 0 Å². The van der Waals surface area contributed by atoms with Gasteiger partial charge < -0.3 is 19.9 Å². The molecule has 0 fully saturated rings. The van der Waals surface area contributed by atoms with Crippen LogP contribution in [-0.4, -0.2) is 31.1 Å². The van der Waals surface area contributed by atoms with E-state index in [0.29, 0.717) is 0 Å². The Bertz CT molecular complexity index is 1120. The van der Waals surface area contributed by atoms with Crippen LogP contribution >= 0.6 is 12.2 Å². The topological polar surface area (TPSA) is 137 Å². The molecule has 1 aromatic carbocycles. The minimum Gasteiger partial charge on any atom is -0.494 e. The van der Waals surface area contributed by atoms with Crippen molar-refractivity contribution < 1.29 is 27.6 Å². The van der Waals surface area contributed by atoms with Crippen LogP contribution in [0, 0.1) is 4.77 Å². The number of nitrogens with one attached hydrogen (secondary N) is 3. The van der Waals surface area contributed by atoms with Crippen LogP contribution in [-0.2, 0) is 6.18 Å². The molecule has 0 bridgehead atoms. The molecule has 2 heterocycles. The van der Waals surface area contributed by atoms with E-state index in [-0.39, 0.29) is 21.8 Å². The molecule has 1 amide bonds. The van der Waals surface area contributed by atoms with E-state index in [4.69, 9.17) is 0 Å². The molecule has 2 aromatic heterocycles. The van der Waals surface area contributed by atoms with Crippen LogP contribution in [0.25, 0.3) is 11.4 Å². The van der Waals surface area contributed by atoms with E-state index < -0.39 is 35.0 Å². The summed E-state index contributed by atoms with van der Waals surface area (Å²) in [7, 11) is 0. The number of nitrogens with zero attached hydrogens (tertiary/aromatic N) is 2. The molecule has 140 valence electrons. The summed E-state index contributed by atoms with van der Waals surface area (Å²) in [5.74, 6) is -3.40. The van der Waals surface area contributed by atoms with E-state index in [1.165, 1.54) is 24.3 Å². The van der Waals surface area contributed by atoms with Crippen molar-refractivity contribution in [3.63, 3.8) is 0 Å². The average molecular weight is 399 g/mol. The van der Waals surface area contributed by atoms with Gasteiger partial charge in [0, 0.05) is 11.3 Å². The van der Waals surface area contributed by atoms with Crippen molar-refractivity contribution >= 4 is 23.8 Å². The highest BCUT2D eigenvalue weighted by Gasteiger charge is 2.38. The van der Waals surface area contributed by atoms with Gasteiger partial charge in [0.1, 0.15) is 0 Å². The summed E-state index contributed by atoms with van der Waals surface area (Å²) in [6, 6.07) is 5.35. The van der Waals surface area contributed by atoms with Gasteiger partial charge in [-0.25, -0.2) is 0 Å². The van der Waals surface area contributed by atoms with Crippen LogP contribution in [0.15, 0.2) is 33.6 Å². The molecule has 9 nitrogen and oxygen atoms in total. The maximum absolute atomic E-state index is 12.5. The van der Waals surface area contributed by atoms with Crippen molar-refractivity contribution in [2.45, 2.75) is 6.18 Å². The number of hydrogen-bond donors (Lipinski definition) is 4. The van der Waals surface area contributed by atoms with Gasteiger partial charge in [0.15, 0.2) is 10.3 Å². The van der Waals surface area contributed by atoms with Gasteiger partial charge in [-0.2, -0.15) is 18.2 Å². The van der Waals surface area contributed by atoms with Crippen molar-refractivity contribution in [3.8, 4) is 17.3 Å². The number of hydrogen-bond acceptors (Lipinski definition) is 7. The van der Waals surface area contributed by atoms with Gasteiger partial charge in [-0.1, -0.05) is 5.16 Å². The highest BCUT2D eigenvalue weighted by atomic mass is 32.1. The molecule has 0 unspecified atom stereocenters. The first-order chi connectivity index (χ1) is 12.6. The van der Waals surface area contributed by atoms with Crippen LogP contribution in [0.1, 0.15) is 16.2 Å². The van der Waals surface area contributed by atoms with Crippen LogP contribution in [0.3, 0.4) is 0 Å². The molecule has 4 N–H and O–H groups in total. The smallest absolute Gasteiger partial charge is 0.471 e. The predicted molar refractivity (Wildman–Crippen MR) is 86.6 cm³/mol. The van der Waals surface area contributed by atoms with Crippen molar-refractivity contribution in [2.24, 2.45) is 0 Å². The molecule has 0 aliphatic heterocycles. The number of amides is 1. The highest BCUT2D eigenvalue weighted by molar-refractivity contribution is 7.71. The fraction of sp³-hybridized carbons (Fsp3) is 0.0714. The Kier molecular flexibility index (Phi) is 4.53. The number of halogens is 3. The van der Waals surface area contributed by atoms with Gasteiger partial charge in [-0.15, -0.1) is 0 Å². The molecule has 0 spiro atoms. The van der Waals surface area contributed by atoms with Crippen LogP contribution in [0.4, 0.5) is 18.9 Å². The van der Waals surface area contributed by atoms with Gasteiger partial charge in [-0.3, -0.25) is 14.6 Å². The molecular formula is C14H8F3N5O4S. The van der Waals surface area contributed by atoms with Gasteiger partial charge >= 0.3 is 12.1 Å². The third-order valence-corrected chi connectivity index (χ3v) is 3.42. The Labute approximate surface area is 151 Å². The Balaban J connectivity index is 1.80. The summed E-state index contributed by atoms with van der Waals surface area (Å²) in [5, 5.41) is 15.2. The molecule has 13 heteroatoms. The third kappa shape index (κ3) is 3.87. The average Bonchev–Trinajstić information content (AvgIpc) is 3.04. The molecular weight excluding hydrogens is 391 g/mol. The lowest BCUT2D eigenvalue weighted by Gasteiger charge is -2.06. The number of aromatic nitrogens is 4. The van der Waals surface area contributed by atoms with E-state index in [1.807, 2.05) is 0 Å². The Morgan fingerprint density at radius 1 is 1.22 bits per heavy atom. The normalized spacial score (nSPS) is 11.4. The number of carbonyl (C=O) groups is 1. The van der Waals surface area contributed by atoms with Crippen molar-refractivity contribution in [1.29, 1.82) is 0 Å². The largest absolute Gasteiger partial charge is 0.494 e. The molecule has 3 aromatic rings. The molecule has 0 saturated carbocycles. The number of anilines is 1. The van der Waals surface area contributed by atoms with Gasteiger partial charge in [0.05, 0.1) is 0 Å². The SMILES string of the molecule is O=C(Nc1ccc(-c2noc(C(F)(F)F)n2)cc1)c1c(O)[nH]c(=S)[nH]c1=O. The Morgan fingerprint density at radius 3 is 2.44 bits per heavy atom. The Hall–Kier alpha value is -3.48. The maximum atomic E-state index is 12.5. The zero-order valence-electron chi connectivity index (χ0n) is 12.9. The number of rotatable bonds is 3. The fourth-order valence-electron chi connectivity index (χ4n) is 2.04. The third-order valence-electron chi connectivity index (χ3n) is 3.22. The monoisotopic (exact) mass is 399 g/mol. The lowest BCUT2D eigenvalue weighted by atomic mass is 10.2. The van der Waals surface area contributed by atoms with Gasteiger partial charge in [0.25, 0.3) is 11.5 Å². The number of H-pyrrole nitrogens is 2. The number of carbonyl (C=O) groups excluding carboxylic acids is 1. The molecule has 0 atom stereocenters. The second-order valence-corrected chi connectivity index (χ2v) is 5.49. The molecule has 0 radical (unpaired) electrons. The highest BCUT2D eigenvalue weighted by Crippen LogP contribution is 2.29. The standard InChI is InChI=1S/C14H8F3N5O4S/c15-14(16,17)12-19-8(22-26-12)5-1-3-6(4-2-5)18-9(23)7-10(24)20-13(27)21-11(7)25/h1-4H,(H,18,23)(H3,20,21,24,25,27). The van der Waals surface area contributed by atoms with Crippen LogP contribution < -0.4 is 10.9 Å². The van der Waals surface area contributed by atoms with Crippen molar-refractivity contribution in [3.05, 3.63) is 50.8 Å². The number of aromatic amines is 2. The number of benzene rings is 1. The summed E-state index contributed by atoms with van der Waals surface area (Å²) in [6.45, 7) is 0. The van der Waals surface area contributed by atoms with E-state index in [9.17, 15) is 27.9 Å². The zero-order valence-corrected chi connectivity index (χ0v) is 13.7. The molecule has 0 saturated heterocycles. The number of aromatic hydroxyl groups is 1. The van der Waals surface area contributed by atoms with Crippen molar-refractivity contribution in [1.82, 2.24) is 20.1 Å². The first-order valence-electron chi connectivity index (χ1n) is 7.03. The van der Waals surface area contributed by atoms with Crippen LogP contribution in [0.5, 0.6) is 5.88 Å². The summed E-state index contributed by atoms with van der Waals surface area (Å²) in [5.41, 5.74) is -1.07. The van der Waals surface area contributed by atoms with Gasteiger partial charge in [-0.05, 0) is 36.5 Å². The fourth-order valence-corrected chi connectivity index (χ4v) is 2.23. The lowest BCUT2D eigenvalue weighted by molar-refractivity contribution is -0.159. The lowest BCUT2D eigenvalue weighted by Crippen LogP contribution is -2.24. The van der Waals surface area contributed by atoms with Gasteiger partial charge in [0.2, 0.25) is 11.7 Å². The zero-order chi connectivity index (χ0) is 19.8. The first-order valence-corrected chi connectivity index (χ1v) is 7.44. The second kappa shape index (κ2) is 6.68.